The number of carbonyl (C=O) groups is 4. The van der Waals surface area contributed by atoms with Gasteiger partial charge in [-0.15, -0.1) is 0 Å². The monoisotopic (exact) mass is 485 g/mol. The molecule has 1 fully saturated rings. The van der Waals surface area contributed by atoms with E-state index >= 15 is 0 Å². The summed E-state index contributed by atoms with van der Waals surface area (Å²) >= 11 is 0. The van der Waals surface area contributed by atoms with Gasteiger partial charge in [-0.25, -0.2) is 4.79 Å². The molecule has 36 heavy (non-hydrogen) atoms. The third-order valence-corrected chi connectivity index (χ3v) is 6.16. The van der Waals surface area contributed by atoms with Crippen LogP contribution in [0.3, 0.4) is 0 Å². The van der Waals surface area contributed by atoms with Crippen molar-refractivity contribution in [2.24, 2.45) is 0 Å². The second-order valence-electron chi connectivity index (χ2n) is 8.40. The number of carbonyl (C=O) groups excluding carboxylic acids is 4. The van der Waals surface area contributed by atoms with Crippen LogP contribution in [0.1, 0.15) is 42.2 Å². The lowest BCUT2D eigenvalue weighted by atomic mass is 10.1. The zero-order valence-electron chi connectivity index (χ0n) is 19.5. The number of imide groups is 1. The Bertz CT molecular complexity index is 1350. The molecule has 1 N–H and O–H groups in total. The average molecular weight is 485 g/mol. The molecular formula is C27H23N3O6. The van der Waals surface area contributed by atoms with Crippen molar-refractivity contribution in [1.82, 2.24) is 10.2 Å². The highest BCUT2D eigenvalue weighted by atomic mass is 16.6. The Morgan fingerprint density at radius 2 is 1.69 bits per heavy atom. The van der Waals surface area contributed by atoms with Crippen LogP contribution in [0.25, 0.3) is 0 Å². The smallest absolute Gasteiger partial charge is 0.414 e. The van der Waals surface area contributed by atoms with Crippen molar-refractivity contribution in [3.8, 4) is 5.75 Å². The number of nitrogens with one attached hydrogen (secondary N) is 1. The predicted molar refractivity (Wildman–Crippen MR) is 130 cm³/mol. The average Bonchev–Trinajstić information content (AvgIpc) is 3.44. The van der Waals surface area contributed by atoms with Crippen molar-refractivity contribution in [3.63, 3.8) is 0 Å². The van der Waals surface area contributed by atoms with Crippen LogP contribution in [0, 0.1) is 0 Å². The van der Waals surface area contributed by atoms with Gasteiger partial charge in [0.15, 0.2) is 0 Å². The molecule has 182 valence electrons. The quantitative estimate of drug-likeness (QED) is 0.515. The van der Waals surface area contributed by atoms with E-state index in [0.29, 0.717) is 41.3 Å². The highest BCUT2D eigenvalue weighted by Gasteiger charge is 2.35. The van der Waals surface area contributed by atoms with Crippen LogP contribution in [0.2, 0.25) is 0 Å². The van der Waals surface area contributed by atoms with Crippen LogP contribution in [0.5, 0.6) is 5.75 Å². The summed E-state index contributed by atoms with van der Waals surface area (Å²) in [7, 11) is 1.47. The predicted octanol–water partition coefficient (Wildman–Crippen LogP) is 3.38. The minimum atomic E-state index is -0.393. The van der Waals surface area contributed by atoms with E-state index in [1.54, 1.807) is 42.5 Å². The molecule has 0 radical (unpaired) electrons. The van der Waals surface area contributed by atoms with Gasteiger partial charge in [0.1, 0.15) is 12.4 Å². The van der Waals surface area contributed by atoms with E-state index in [1.165, 1.54) is 16.9 Å². The van der Waals surface area contributed by atoms with Gasteiger partial charge in [0.2, 0.25) is 0 Å². The third kappa shape index (κ3) is 4.26. The fraction of sp³-hybridized carbons (Fsp3) is 0.185. The molecule has 0 atom stereocenters. The largest absolute Gasteiger partial charge is 0.496 e. The SMILES string of the molecule is COc1ccc(CN2C(=O)c3ccccc3C2=O)cc1C(=O)NCc1cccc(N2CCOC2=O)c1. The van der Waals surface area contributed by atoms with E-state index < -0.39 is 6.09 Å². The Balaban J connectivity index is 1.30. The molecule has 0 aliphatic carbocycles. The fourth-order valence-electron chi connectivity index (χ4n) is 4.34. The van der Waals surface area contributed by atoms with E-state index in [2.05, 4.69) is 5.32 Å². The van der Waals surface area contributed by atoms with E-state index in [4.69, 9.17) is 9.47 Å². The van der Waals surface area contributed by atoms with E-state index in [9.17, 15) is 19.2 Å². The number of hydrogen-bond donors (Lipinski definition) is 1. The summed E-state index contributed by atoms with van der Waals surface area (Å²) in [5.74, 6) is -0.729. The summed E-state index contributed by atoms with van der Waals surface area (Å²) in [5, 5.41) is 2.87. The minimum Gasteiger partial charge on any atom is -0.496 e. The van der Waals surface area contributed by atoms with Gasteiger partial charge in [-0.1, -0.05) is 30.3 Å². The van der Waals surface area contributed by atoms with Gasteiger partial charge in [-0.3, -0.25) is 24.2 Å². The Hall–Kier alpha value is -4.66. The number of cyclic esters (lactones) is 1. The number of hydrogen-bond acceptors (Lipinski definition) is 6. The molecule has 5 rings (SSSR count). The van der Waals surface area contributed by atoms with Gasteiger partial charge < -0.3 is 14.8 Å². The summed E-state index contributed by atoms with van der Waals surface area (Å²) in [6.07, 6.45) is -0.393. The second-order valence-corrected chi connectivity index (χ2v) is 8.40. The Kier molecular flexibility index (Phi) is 6.12. The molecule has 2 aliphatic heterocycles. The van der Waals surface area contributed by atoms with Crippen molar-refractivity contribution >= 4 is 29.5 Å². The van der Waals surface area contributed by atoms with E-state index in [0.717, 1.165) is 5.56 Å². The molecule has 0 saturated carbocycles. The zero-order chi connectivity index (χ0) is 25.2. The van der Waals surface area contributed by atoms with Crippen molar-refractivity contribution in [1.29, 1.82) is 0 Å². The van der Waals surface area contributed by atoms with Crippen molar-refractivity contribution in [2.45, 2.75) is 13.1 Å². The maximum atomic E-state index is 13.1. The van der Waals surface area contributed by atoms with Gasteiger partial charge >= 0.3 is 6.09 Å². The molecule has 0 aromatic heterocycles. The number of rotatable bonds is 7. The van der Waals surface area contributed by atoms with Crippen LogP contribution in [0.15, 0.2) is 66.7 Å². The van der Waals surface area contributed by atoms with Crippen LogP contribution in [-0.4, -0.2) is 49.0 Å². The van der Waals surface area contributed by atoms with Gasteiger partial charge in [0.25, 0.3) is 17.7 Å². The summed E-state index contributed by atoms with van der Waals surface area (Å²) in [6, 6.07) is 19.0. The number of fused-ring (bicyclic) bond motifs is 1. The first-order chi connectivity index (χ1) is 17.5. The van der Waals surface area contributed by atoms with Gasteiger partial charge in [-0.2, -0.15) is 0 Å². The molecule has 1 saturated heterocycles. The lowest BCUT2D eigenvalue weighted by molar-refractivity contribution is 0.0642. The first-order valence-corrected chi connectivity index (χ1v) is 11.4. The van der Waals surface area contributed by atoms with Crippen molar-refractivity contribution in [3.05, 3.63) is 94.5 Å². The highest BCUT2D eigenvalue weighted by molar-refractivity contribution is 6.21. The minimum absolute atomic E-state index is 0.0323. The summed E-state index contributed by atoms with van der Waals surface area (Å²) < 4.78 is 10.4. The number of nitrogens with zero attached hydrogens (tertiary/aromatic N) is 2. The molecule has 0 spiro atoms. The van der Waals surface area contributed by atoms with Gasteiger partial charge in [-0.05, 0) is 47.5 Å². The molecule has 4 amide bonds. The molecule has 2 aliphatic rings. The molecule has 3 aromatic carbocycles. The Labute approximate surface area is 207 Å². The van der Waals surface area contributed by atoms with Gasteiger partial charge in [0, 0.05) is 12.2 Å². The zero-order valence-corrected chi connectivity index (χ0v) is 19.5. The number of methoxy groups -OCH3 is 1. The normalized spacial score (nSPS) is 14.6. The molecule has 3 aromatic rings. The Morgan fingerprint density at radius 1 is 0.944 bits per heavy atom. The second kappa shape index (κ2) is 9.53. The standard InChI is InChI=1S/C27H23N3O6/c1-35-23-10-9-18(16-30-25(32)20-7-2-3-8-21(20)26(30)33)14-22(23)24(31)28-15-17-5-4-6-19(13-17)29-11-12-36-27(29)34/h2-10,13-14H,11-12,15-16H2,1H3,(H,28,31). The van der Waals surface area contributed by atoms with Crippen molar-refractivity contribution in [2.75, 3.05) is 25.2 Å². The summed E-state index contributed by atoms with van der Waals surface area (Å²) in [6.45, 7) is 1.08. The Morgan fingerprint density at radius 3 is 2.36 bits per heavy atom. The van der Waals surface area contributed by atoms with Crippen LogP contribution >= 0.6 is 0 Å². The van der Waals surface area contributed by atoms with Crippen LogP contribution in [0.4, 0.5) is 10.5 Å². The molecule has 0 unspecified atom stereocenters. The molecular weight excluding hydrogens is 462 g/mol. The fourth-order valence-corrected chi connectivity index (χ4v) is 4.34. The molecule has 0 bridgehead atoms. The van der Waals surface area contributed by atoms with E-state index in [1.807, 2.05) is 24.3 Å². The number of ether oxygens (including phenoxy) is 2. The summed E-state index contributed by atoms with van der Waals surface area (Å²) in [5.41, 5.74) is 3.15. The number of anilines is 1. The van der Waals surface area contributed by atoms with E-state index in [-0.39, 0.29) is 36.4 Å². The third-order valence-electron chi connectivity index (χ3n) is 6.16. The summed E-state index contributed by atoms with van der Waals surface area (Å²) in [4.78, 5) is 53.1. The highest BCUT2D eigenvalue weighted by Crippen LogP contribution is 2.27. The first-order valence-electron chi connectivity index (χ1n) is 11.4. The molecule has 2 heterocycles. The van der Waals surface area contributed by atoms with Gasteiger partial charge in [0.05, 0.1) is 36.9 Å². The number of benzene rings is 3. The lowest BCUT2D eigenvalue weighted by Gasteiger charge is -2.16. The van der Waals surface area contributed by atoms with Crippen molar-refractivity contribution < 1.29 is 28.7 Å². The topological polar surface area (TPSA) is 105 Å². The van der Waals surface area contributed by atoms with Crippen LogP contribution < -0.4 is 15.0 Å². The first kappa shape index (κ1) is 23.1. The molecule has 9 heteroatoms. The number of amides is 4. The maximum Gasteiger partial charge on any atom is 0.414 e. The maximum absolute atomic E-state index is 13.1. The lowest BCUT2D eigenvalue weighted by Crippen LogP contribution is -2.29. The molecule has 9 nitrogen and oxygen atoms in total. The van der Waals surface area contributed by atoms with Crippen LogP contribution in [-0.2, 0) is 17.8 Å².